The molecule has 14 heteroatoms. The maximum absolute atomic E-state index is 15.3. The van der Waals surface area contributed by atoms with Crippen molar-refractivity contribution in [2.45, 2.75) is 83.1 Å². The van der Waals surface area contributed by atoms with Gasteiger partial charge >= 0.3 is 11.9 Å². The molecular formula is C34H38N2O11S. The van der Waals surface area contributed by atoms with E-state index < -0.39 is 76.0 Å². The molecule has 1 aromatic carbocycles. The number of benzene rings is 1. The smallest absolute Gasteiger partial charge is 0.338 e. The minimum Gasteiger partial charge on any atom is -0.466 e. The molecule has 2 aromatic rings. The predicted molar refractivity (Wildman–Crippen MR) is 169 cm³/mol. The number of ketones is 1. The average Bonchev–Trinajstić information content (AvgIpc) is 3.58. The van der Waals surface area contributed by atoms with Crippen molar-refractivity contribution in [3.8, 4) is 0 Å². The molecule has 2 N–H and O–H groups in total. The van der Waals surface area contributed by atoms with E-state index in [4.69, 9.17) is 35.9 Å². The third kappa shape index (κ3) is 4.83. The number of ether oxygens (including phenoxy) is 5. The number of hydrogen-bond acceptors (Lipinski definition) is 13. The molecule has 256 valence electrons. The summed E-state index contributed by atoms with van der Waals surface area (Å²) in [6.07, 6.45) is -0.805. The van der Waals surface area contributed by atoms with Gasteiger partial charge in [0.2, 0.25) is 5.78 Å². The average molecular weight is 683 g/mol. The Morgan fingerprint density at radius 3 is 2.46 bits per heavy atom. The number of aromatic nitrogens is 2. The van der Waals surface area contributed by atoms with Crippen LogP contribution in [0.15, 0.2) is 60.4 Å². The Bertz CT molecular complexity index is 1680. The summed E-state index contributed by atoms with van der Waals surface area (Å²) in [4.78, 5) is 58.2. The van der Waals surface area contributed by atoms with Gasteiger partial charge in [0.25, 0.3) is 11.6 Å². The van der Waals surface area contributed by atoms with Crippen molar-refractivity contribution >= 4 is 41.6 Å². The molecule has 0 amide bonds. The van der Waals surface area contributed by atoms with Gasteiger partial charge in [0.1, 0.15) is 30.2 Å². The summed E-state index contributed by atoms with van der Waals surface area (Å²) in [5, 5.41) is 24.5. The van der Waals surface area contributed by atoms with E-state index in [-0.39, 0.29) is 48.0 Å². The van der Waals surface area contributed by atoms with E-state index in [0.717, 1.165) is 0 Å². The fraction of sp³-hybridized carbons (Fsp3) is 0.529. The lowest BCUT2D eigenvalue weighted by Crippen LogP contribution is -2.81. The minimum atomic E-state index is -2.14. The fourth-order valence-corrected chi connectivity index (χ4v) is 8.74. The molecule has 3 aliphatic carbocycles. The molecule has 2 heterocycles. The number of fused-ring (bicyclic) bond motifs is 5. The minimum absolute atomic E-state index is 0.0239. The van der Waals surface area contributed by atoms with Crippen molar-refractivity contribution in [3.63, 3.8) is 0 Å². The van der Waals surface area contributed by atoms with Crippen molar-refractivity contribution in [1.29, 1.82) is 0 Å². The number of carbonyl (C=O) groups is 4. The van der Waals surface area contributed by atoms with Crippen LogP contribution in [0.2, 0.25) is 0 Å². The zero-order chi connectivity index (χ0) is 34.8. The largest absolute Gasteiger partial charge is 0.466 e. The molecule has 13 nitrogen and oxygen atoms in total. The van der Waals surface area contributed by atoms with Gasteiger partial charge in [0.15, 0.2) is 11.4 Å². The van der Waals surface area contributed by atoms with Gasteiger partial charge in [-0.3, -0.25) is 19.0 Å². The third-order valence-electron chi connectivity index (χ3n) is 11.0. The summed E-state index contributed by atoms with van der Waals surface area (Å²) in [5.74, 6) is -4.82. The molecule has 1 unspecified atom stereocenters. The van der Waals surface area contributed by atoms with Gasteiger partial charge < -0.3 is 33.9 Å². The lowest BCUT2D eigenvalue weighted by atomic mass is 9.45. The highest BCUT2D eigenvalue weighted by atomic mass is 32.1. The highest BCUT2D eigenvalue weighted by Gasteiger charge is 2.78. The van der Waals surface area contributed by atoms with E-state index in [1.807, 2.05) is 0 Å². The van der Waals surface area contributed by atoms with Gasteiger partial charge in [-0.1, -0.05) is 39.0 Å². The summed E-state index contributed by atoms with van der Waals surface area (Å²) in [6, 6.07) is 8.10. The first-order chi connectivity index (χ1) is 22.6. The first-order valence-electron chi connectivity index (χ1n) is 15.7. The van der Waals surface area contributed by atoms with Gasteiger partial charge in [-0.05, 0) is 36.8 Å². The van der Waals surface area contributed by atoms with Crippen molar-refractivity contribution < 1.29 is 53.1 Å². The number of aliphatic hydroxyl groups is 2. The SMILES string of the molecule is CC(=O)O[C@@]12CO[C@@H]1C[C@H](OC(=S)n1ccnc1)[C@@]1(C)C(=O)C(OC=O)=C3C(C)[C@@H](O)C[C@@](O)([C@H](OC(=O)c4ccccc4)[C@H]21)C3(C)C. The first-order valence-corrected chi connectivity index (χ1v) is 16.1. The Kier molecular flexibility index (Phi) is 8.38. The number of allylic oxidation sites excluding steroid dienone is 1. The maximum atomic E-state index is 15.3. The molecule has 3 fully saturated rings. The summed E-state index contributed by atoms with van der Waals surface area (Å²) < 4.78 is 31.7. The van der Waals surface area contributed by atoms with Gasteiger partial charge in [-0.2, -0.15) is 0 Å². The molecule has 2 bridgehead atoms. The van der Waals surface area contributed by atoms with E-state index in [1.165, 1.54) is 43.1 Å². The van der Waals surface area contributed by atoms with Crippen molar-refractivity contribution in [2.24, 2.45) is 22.7 Å². The maximum Gasteiger partial charge on any atom is 0.338 e. The Morgan fingerprint density at radius 2 is 1.88 bits per heavy atom. The molecule has 48 heavy (non-hydrogen) atoms. The normalized spacial score (nSPS) is 36.6. The van der Waals surface area contributed by atoms with Gasteiger partial charge in [-0.15, -0.1) is 0 Å². The first kappa shape index (κ1) is 33.9. The molecular weight excluding hydrogens is 644 g/mol. The second-order valence-electron chi connectivity index (χ2n) is 13.8. The quantitative estimate of drug-likeness (QED) is 0.197. The van der Waals surface area contributed by atoms with Crippen LogP contribution in [0, 0.1) is 22.7 Å². The topological polar surface area (TPSA) is 173 Å². The third-order valence-corrected chi connectivity index (χ3v) is 11.4. The number of nitrogens with zero attached hydrogens (tertiary/aromatic N) is 2. The number of imidazole rings is 1. The second-order valence-corrected chi connectivity index (χ2v) is 14.1. The van der Waals surface area contributed by atoms with Crippen LogP contribution in [0.25, 0.3) is 0 Å². The summed E-state index contributed by atoms with van der Waals surface area (Å²) in [7, 11) is 0. The Hall–Kier alpha value is -3.98. The van der Waals surface area contributed by atoms with Crippen LogP contribution < -0.4 is 0 Å². The standard InChI is InChI=1S/C34H38N2O11S/c1-18-21(39)14-34(42)28(46-29(41)20-9-7-6-8-10-20)26-32(5,27(40)25(44-17-37)24(18)31(34,3)4)22(45-30(48)36-12-11-35-16-36)13-23-33(26,15-43-23)47-19(2)38/h6-12,16-18,21-23,26,28,39,42H,13-15H2,1-5H3/t18?,21-,22-,23+,26-,28+,32+,33-,34+/m0/s1. The molecule has 1 aliphatic heterocycles. The number of esters is 2. The summed E-state index contributed by atoms with van der Waals surface area (Å²) in [5.41, 5.74) is -6.77. The molecule has 1 saturated heterocycles. The van der Waals surface area contributed by atoms with Gasteiger partial charge in [0, 0.05) is 43.5 Å². The van der Waals surface area contributed by atoms with E-state index in [2.05, 4.69) is 4.98 Å². The Labute approximate surface area is 282 Å². The van der Waals surface area contributed by atoms with Crippen molar-refractivity contribution in [3.05, 3.63) is 65.9 Å². The second kappa shape index (κ2) is 11.9. The highest BCUT2D eigenvalue weighted by molar-refractivity contribution is 7.80. The zero-order valence-corrected chi connectivity index (χ0v) is 28.0. The van der Waals surface area contributed by atoms with Crippen molar-refractivity contribution in [1.82, 2.24) is 9.55 Å². The summed E-state index contributed by atoms with van der Waals surface area (Å²) in [6.45, 7) is 7.58. The number of rotatable bonds is 6. The predicted octanol–water partition coefficient (Wildman–Crippen LogP) is 2.52. The number of aliphatic hydroxyl groups excluding tert-OH is 1. The van der Waals surface area contributed by atoms with E-state index in [1.54, 1.807) is 45.2 Å². The monoisotopic (exact) mass is 682 g/mol. The number of hydrogen-bond donors (Lipinski definition) is 2. The Morgan fingerprint density at radius 1 is 1.17 bits per heavy atom. The van der Waals surface area contributed by atoms with Crippen LogP contribution in [-0.4, -0.2) is 91.4 Å². The van der Waals surface area contributed by atoms with Crippen LogP contribution in [0.5, 0.6) is 0 Å². The van der Waals surface area contributed by atoms with Crippen LogP contribution >= 0.6 is 12.2 Å². The van der Waals surface area contributed by atoms with Gasteiger partial charge in [0.05, 0.1) is 29.6 Å². The van der Waals surface area contributed by atoms with Crippen LogP contribution in [0.1, 0.15) is 57.8 Å². The zero-order valence-electron chi connectivity index (χ0n) is 27.2. The molecule has 0 spiro atoms. The van der Waals surface area contributed by atoms with Crippen molar-refractivity contribution in [2.75, 3.05) is 6.61 Å². The molecule has 4 aliphatic rings. The van der Waals surface area contributed by atoms with Gasteiger partial charge in [-0.25, -0.2) is 9.78 Å². The molecule has 6 rings (SSSR count). The summed E-state index contributed by atoms with van der Waals surface area (Å²) >= 11 is 5.59. The van der Waals surface area contributed by atoms with Crippen LogP contribution in [0.3, 0.4) is 0 Å². The number of carbonyl (C=O) groups excluding carboxylic acids is 4. The van der Waals surface area contributed by atoms with E-state index >= 15 is 4.79 Å². The lowest BCUT2D eigenvalue weighted by Gasteiger charge is -2.67. The number of thiocarbonyl (C=S) groups is 1. The van der Waals surface area contributed by atoms with E-state index in [0.29, 0.717) is 0 Å². The molecule has 1 aromatic heterocycles. The molecule has 9 atom stereocenters. The highest BCUT2D eigenvalue weighted by Crippen LogP contribution is 2.65. The fourth-order valence-electron chi connectivity index (χ4n) is 8.51. The molecule has 0 radical (unpaired) electrons. The lowest BCUT2D eigenvalue weighted by molar-refractivity contribution is -0.344. The number of Topliss-reactive ketones (excluding diaryl/α,β-unsaturated/α-hetero) is 1. The van der Waals surface area contributed by atoms with E-state index in [9.17, 15) is 24.6 Å². The van der Waals surface area contributed by atoms with Crippen LogP contribution in [-0.2, 0) is 38.1 Å². The molecule has 2 saturated carbocycles. The Balaban J connectivity index is 1.66. The van der Waals surface area contributed by atoms with Crippen LogP contribution in [0.4, 0.5) is 0 Å².